The summed E-state index contributed by atoms with van der Waals surface area (Å²) in [5.41, 5.74) is 2.46. The van der Waals surface area contributed by atoms with Crippen molar-refractivity contribution < 1.29 is 8.42 Å². The third-order valence-corrected chi connectivity index (χ3v) is 6.64. The van der Waals surface area contributed by atoms with Gasteiger partial charge in [-0.05, 0) is 34.5 Å². The first-order chi connectivity index (χ1) is 14.1. The van der Waals surface area contributed by atoms with E-state index in [4.69, 9.17) is 0 Å². The van der Waals surface area contributed by atoms with E-state index in [1.165, 1.54) is 4.31 Å². The molecule has 4 aromatic rings. The molecule has 0 aliphatic carbocycles. The average molecular weight is 400 g/mol. The van der Waals surface area contributed by atoms with Gasteiger partial charge < -0.3 is 0 Å². The molecule has 0 unspecified atom stereocenters. The predicted octanol–water partition coefficient (Wildman–Crippen LogP) is 5.89. The monoisotopic (exact) mass is 399 g/mol. The van der Waals surface area contributed by atoms with Gasteiger partial charge in [-0.2, -0.15) is 0 Å². The lowest BCUT2D eigenvalue weighted by molar-refractivity contribution is 0.593. The van der Waals surface area contributed by atoms with Crippen molar-refractivity contribution in [1.82, 2.24) is 0 Å². The van der Waals surface area contributed by atoms with E-state index < -0.39 is 10.0 Å². The molecule has 144 valence electrons. The summed E-state index contributed by atoms with van der Waals surface area (Å²) in [6.45, 7) is 3.96. The Morgan fingerprint density at radius 3 is 2.17 bits per heavy atom. The van der Waals surface area contributed by atoms with Gasteiger partial charge in [0.2, 0.25) is 0 Å². The molecule has 0 N–H and O–H groups in total. The predicted molar refractivity (Wildman–Crippen MR) is 121 cm³/mol. The van der Waals surface area contributed by atoms with Crippen molar-refractivity contribution in [1.29, 1.82) is 0 Å². The Balaban J connectivity index is 1.87. The number of rotatable bonds is 6. The van der Waals surface area contributed by atoms with E-state index >= 15 is 0 Å². The van der Waals surface area contributed by atoms with Crippen LogP contribution in [0.1, 0.15) is 0 Å². The van der Waals surface area contributed by atoms with Gasteiger partial charge in [-0.15, -0.1) is 6.58 Å². The van der Waals surface area contributed by atoms with Gasteiger partial charge in [-0.1, -0.05) is 84.9 Å². The van der Waals surface area contributed by atoms with Gasteiger partial charge in [-0.25, -0.2) is 8.42 Å². The summed E-state index contributed by atoms with van der Waals surface area (Å²) in [6, 6.07) is 30.3. The van der Waals surface area contributed by atoms with Gasteiger partial charge in [-0.3, -0.25) is 4.31 Å². The van der Waals surface area contributed by atoms with E-state index in [0.29, 0.717) is 5.69 Å². The first-order valence-corrected chi connectivity index (χ1v) is 10.8. The van der Waals surface area contributed by atoms with Crippen LogP contribution in [-0.2, 0) is 10.0 Å². The number of hydrogen-bond acceptors (Lipinski definition) is 2. The third kappa shape index (κ3) is 3.67. The molecule has 29 heavy (non-hydrogen) atoms. The first kappa shape index (κ1) is 19.0. The molecular formula is C25H21NO2S. The highest BCUT2D eigenvalue weighted by Crippen LogP contribution is 2.34. The van der Waals surface area contributed by atoms with Gasteiger partial charge in [0.25, 0.3) is 10.0 Å². The molecular weight excluding hydrogens is 378 g/mol. The highest BCUT2D eigenvalue weighted by Gasteiger charge is 2.26. The summed E-state index contributed by atoms with van der Waals surface area (Å²) >= 11 is 0. The van der Waals surface area contributed by atoms with Crippen molar-refractivity contribution in [2.24, 2.45) is 0 Å². The van der Waals surface area contributed by atoms with Crippen LogP contribution in [0.25, 0.3) is 21.9 Å². The molecule has 0 atom stereocenters. The minimum atomic E-state index is -3.78. The van der Waals surface area contributed by atoms with Crippen LogP contribution in [-0.4, -0.2) is 15.0 Å². The second kappa shape index (κ2) is 7.94. The van der Waals surface area contributed by atoms with Crippen LogP contribution in [0.3, 0.4) is 0 Å². The minimum Gasteiger partial charge on any atom is -0.262 e. The molecule has 4 aromatic carbocycles. The molecule has 0 spiro atoms. The summed E-state index contributed by atoms with van der Waals surface area (Å²) in [6.07, 6.45) is 1.61. The first-order valence-electron chi connectivity index (χ1n) is 9.38. The zero-order valence-corrected chi connectivity index (χ0v) is 16.7. The average Bonchev–Trinajstić information content (AvgIpc) is 2.77. The minimum absolute atomic E-state index is 0.180. The van der Waals surface area contributed by atoms with Gasteiger partial charge in [0, 0.05) is 5.56 Å². The second-order valence-electron chi connectivity index (χ2n) is 6.72. The van der Waals surface area contributed by atoms with E-state index in [2.05, 4.69) is 6.58 Å². The Hall–Kier alpha value is -3.37. The number of nitrogens with zero attached hydrogens (tertiary/aromatic N) is 1. The number of hydrogen-bond donors (Lipinski definition) is 0. The van der Waals surface area contributed by atoms with E-state index in [1.54, 1.807) is 18.2 Å². The molecule has 0 radical (unpaired) electrons. The van der Waals surface area contributed by atoms with Crippen molar-refractivity contribution in [3.05, 3.63) is 110 Å². The number of sulfonamides is 1. The molecule has 0 saturated carbocycles. The third-order valence-electron chi connectivity index (χ3n) is 4.86. The maximum Gasteiger partial charge on any atom is 0.264 e. The number of anilines is 1. The maximum atomic E-state index is 13.6. The molecule has 0 saturated heterocycles. The molecule has 0 fully saturated rings. The molecule has 4 rings (SSSR count). The fourth-order valence-electron chi connectivity index (χ4n) is 3.45. The molecule has 4 heteroatoms. The van der Waals surface area contributed by atoms with Crippen LogP contribution in [0.5, 0.6) is 0 Å². The number of fused-ring (bicyclic) bond motifs is 1. The topological polar surface area (TPSA) is 37.4 Å². The standard InChI is InChI=1S/C25H21NO2S/c1-2-18-26(25-15-9-8-14-24(25)21-11-4-3-5-12-21)29(27,28)23-17-16-20-10-6-7-13-22(20)19-23/h2-17,19H,1,18H2. The van der Waals surface area contributed by atoms with Gasteiger partial charge >= 0.3 is 0 Å². The lowest BCUT2D eigenvalue weighted by Crippen LogP contribution is -2.31. The SMILES string of the molecule is C=CCN(c1ccccc1-c1ccccc1)S(=O)(=O)c1ccc2ccccc2c1. The largest absolute Gasteiger partial charge is 0.264 e. The zero-order chi connectivity index (χ0) is 20.3. The number of benzene rings is 4. The van der Waals surface area contributed by atoms with E-state index in [9.17, 15) is 8.42 Å². The Morgan fingerprint density at radius 2 is 1.41 bits per heavy atom. The second-order valence-corrected chi connectivity index (χ2v) is 8.58. The smallest absolute Gasteiger partial charge is 0.262 e. The lowest BCUT2D eigenvalue weighted by Gasteiger charge is -2.26. The lowest BCUT2D eigenvalue weighted by atomic mass is 10.0. The highest BCUT2D eigenvalue weighted by molar-refractivity contribution is 7.92. The summed E-state index contributed by atoms with van der Waals surface area (Å²) in [4.78, 5) is 0.265. The van der Waals surface area contributed by atoms with Gasteiger partial charge in [0.1, 0.15) is 0 Å². The quantitative estimate of drug-likeness (QED) is 0.379. The van der Waals surface area contributed by atoms with Gasteiger partial charge in [0.15, 0.2) is 0 Å². The molecule has 0 amide bonds. The fourth-order valence-corrected chi connectivity index (χ4v) is 4.94. The van der Waals surface area contributed by atoms with Crippen LogP contribution in [0.4, 0.5) is 5.69 Å². The van der Waals surface area contributed by atoms with Crippen LogP contribution in [0, 0.1) is 0 Å². The van der Waals surface area contributed by atoms with E-state index in [1.807, 2.05) is 84.9 Å². The molecule has 3 nitrogen and oxygen atoms in total. The van der Waals surface area contributed by atoms with Gasteiger partial charge in [0.05, 0.1) is 17.1 Å². The van der Waals surface area contributed by atoms with Crippen molar-refractivity contribution in [2.75, 3.05) is 10.8 Å². The Morgan fingerprint density at radius 1 is 0.759 bits per heavy atom. The van der Waals surface area contributed by atoms with Crippen LogP contribution in [0.2, 0.25) is 0 Å². The molecule has 0 aromatic heterocycles. The van der Waals surface area contributed by atoms with Crippen molar-refractivity contribution in [2.45, 2.75) is 4.90 Å². The van der Waals surface area contributed by atoms with E-state index in [0.717, 1.165) is 21.9 Å². The van der Waals surface area contributed by atoms with Crippen LogP contribution in [0.15, 0.2) is 115 Å². The Kier molecular flexibility index (Phi) is 5.19. The van der Waals surface area contributed by atoms with Crippen LogP contribution >= 0.6 is 0 Å². The zero-order valence-electron chi connectivity index (χ0n) is 15.9. The fraction of sp³-hybridized carbons (Fsp3) is 0.0400. The van der Waals surface area contributed by atoms with E-state index in [-0.39, 0.29) is 11.4 Å². The van der Waals surface area contributed by atoms with Crippen molar-refractivity contribution in [3.63, 3.8) is 0 Å². The highest BCUT2D eigenvalue weighted by atomic mass is 32.2. The molecule has 0 aliphatic rings. The maximum absolute atomic E-state index is 13.6. The summed E-state index contributed by atoms with van der Waals surface area (Å²) in [7, 11) is -3.78. The summed E-state index contributed by atoms with van der Waals surface area (Å²) in [5.74, 6) is 0. The normalized spacial score (nSPS) is 11.3. The molecule has 0 heterocycles. The number of para-hydroxylation sites is 1. The Bertz CT molecular complexity index is 1260. The Labute approximate surface area is 171 Å². The summed E-state index contributed by atoms with van der Waals surface area (Å²) in [5, 5.41) is 1.90. The van der Waals surface area contributed by atoms with Crippen molar-refractivity contribution in [3.8, 4) is 11.1 Å². The summed E-state index contributed by atoms with van der Waals surface area (Å²) < 4.78 is 28.7. The van der Waals surface area contributed by atoms with Crippen molar-refractivity contribution >= 4 is 26.5 Å². The van der Waals surface area contributed by atoms with Crippen LogP contribution < -0.4 is 4.31 Å². The molecule has 0 bridgehead atoms. The molecule has 0 aliphatic heterocycles.